The number of nitrogens with zero attached hydrogens (tertiary/aromatic N) is 1. The van der Waals surface area contributed by atoms with Crippen LogP contribution in [0, 0.1) is 0 Å². The molecule has 1 N–H and O–H groups in total. The molecule has 0 fully saturated rings. The van der Waals surface area contributed by atoms with Gasteiger partial charge in [0.15, 0.2) is 5.82 Å². The van der Waals surface area contributed by atoms with Crippen LogP contribution in [-0.4, -0.2) is 10.9 Å². The summed E-state index contributed by atoms with van der Waals surface area (Å²) in [4.78, 5) is 16.5. The molecular formula is C19H12Cl2N2O2. The summed E-state index contributed by atoms with van der Waals surface area (Å²) in [6, 6.07) is 13.5. The molecule has 0 atom stereocenters. The minimum atomic E-state index is -0.229. The number of nitrogens with one attached hydrogen (secondary N) is 1. The molecule has 0 bridgehead atoms. The van der Waals surface area contributed by atoms with Crippen LogP contribution in [0.2, 0.25) is 10.0 Å². The minimum Gasteiger partial charge on any atom is -0.464 e. The highest BCUT2D eigenvalue weighted by Gasteiger charge is 2.14. The molecule has 0 spiro atoms. The SMILES string of the molecule is O=C(Cc1coc2ccc3ccccc3c12)Nc1ncc(Cl)cc1Cl. The van der Waals surface area contributed by atoms with E-state index in [-0.39, 0.29) is 18.1 Å². The minimum absolute atomic E-state index is 0.154. The highest BCUT2D eigenvalue weighted by Crippen LogP contribution is 2.30. The van der Waals surface area contributed by atoms with Gasteiger partial charge in [0.05, 0.1) is 22.7 Å². The number of carbonyl (C=O) groups excluding carboxylic acids is 1. The van der Waals surface area contributed by atoms with Gasteiger partial charge in [0.1, 0.15) is 5.58 Å². The van der Waals surface area contributed by atoms with Gasteiger partial charge in [-0.25, -0.2) is 4.98 Å². The Labute approximate surface area is 153 Å². The van der Waals surface area contributed by atoms with Crippen molar-refractivity contribution in [3.63, 3.8) is 0 Å². The van der Waals surface area contributed by atoms with Crippen molar-refractivity contribution >= 4 is 56.7 Å². The lowest BCUT2D eigenvalue weighted by Crippen LogP contribution is -2.15. The predicted octanol–water partition coefficient (Wildman–Crippen LogP) is 5.47. The van der Waals surface area contributed by atoms with Gasteiger partial charge in [0.2, 0.25) is 5.91 Å². The van der Waals surface area contributed by atoms with E-state index in [1.165, 1.54) is 12.3 Å². The summed E-state index contributed by atoms with van der Waals surface area (Å²) < 4.78 is 5.61. The first kappa shape index (κ1) is 15.9. The van der Waals surface area contributed by atoms with Crippen LogP contribution in [0.15, 0.2) is 59.3 Å². The molecule has 0 aliphatic carbocycles. The van der Waals surface area contributed by atoms with Crippen LogP contribution in [0.1, 0.15) is 5.56 Å². The lowest BCUT2D eigenvalue weighted by Gasteiger charge is -2.06. The topological polar surface area (TPSA) is 55.1 Å². The second-order valence-electron chi connectivity index (χ2n) is 5.63. The first-order chi connectivity index (χ1) is 12.1. The van der Waals surface area contributed by atoms with E-state index in [9.17, 15) is 4.79 Å². The molecule has 6 heteroatoms. The average molecular weight is 371 g/mol. The van der Waals surface area contributed by atoms with Gasteiger partial charge in [-0.3, -0.25) is 4.79 Å². The van der Waals surface area contributed by atoms with E-state index in [2.05, 4.69) is 10.3 Å². The molecule has 25 heavy (non-hydrogen) atoms. The number of fused-ring (bicyclic) bond motifs is 3. The largest absolute Gasteiger partial charge is 0.464 e. The van der Waals surface area contributed by atoms with Crippen LogP contribution >= 0.6 is 23.2 Å². The van der Waals surface area contributed by atoms with Crippen LogP contribution in [0.25, 0.3) is 21.7 Å². The Hall–Kier alpha value is -2.56. The molecule has 4 aromatic rings. The molecular weight excluding hydrogens is 359 g/mol. The number of aromatic nitrogens is 1. The van der Waals surface area contributed by atoms with Gasteiger partial charge in [-0.2, -0.15) is 0 Å². The molecule has 4 nitrogen and oxygen atoms in total. The molecule has 2 heterocycles. The second kappa shape index (κ2) is 6.39. The van der Waals surface area contributed by atoms with Gasteiger partial charge in [0.25, 0.3) is 0 Å². The summed E-state index contributed by atoms with van der Waals surface area (Å²) in [6.07, 6.45) is 3.21. The number of amides is 1. The first-order valence-electron chi connectivity index (χ1n) is 7.60. The Kier molecular flexibility index (Phi) is 4.07. The Morgan fingerprint density at radius 2 is 2.00 bits per heavy atom. The first-order valence-corrected chi connectivity index (χ1v) is 8.36. The number of benzene rings is 2. The van der Waals surface area contributed by atoms with Crippen LogP contribution in [0.5, 0.6) is 0 Å². The fourth-order valence-corrected chi connectivity index (χ4v) is 3.29. The Morgan fingerprint density at radius 3 is 2.84 bits per heavy atom. The third-order valence-electron chi connectivity index (χ3n) is 3.96. The third-order valence-corrected chi connectivity index (χ3v) is 4.45. The van der Waals surface area contributed by atoms with E-state index < -0.39 is 0 Å². The van der Waals surface area contributed by atoms with Crippen LogP contribution in [-0.2, 0) is 11.2 Å². The number of furan rings is 1. The van der Waals surface area contributed by atoms with Gasteiger partial charge in [0, 0.05) is 17.1 Å². The number of halogens is 2. The summed E-state index contributed by atoms with van der Waals surface area (Å²) >= 11 is 11.9. The maximum absolute atomic E-state index is 12.4. The van der Waals surface area contributed by atoms with Crippen LogP contribution in [0.4, 0.5) is 5.82 Å². The summed E-state index contributed by atoms with van der Waals surface area (Å²) in [5.74, 6) is 0.0566. The Balaban J connectivity index is 1.66. The molecule has 0 aliphatic rings. The number of hydrogen-bond acceptors (Lipinski definition) is 3. The predicted molar refractivity (Wildman–Crippen MR) is 100 cm³/mol. The highest BCUT2D eigenvalue weighted by molar-refractivity contribution is 6.36. The van der Waals surface area contributed by atoms with Gasteiger partial charge >= 0.3 is 0 Å². The zero-order valence-electron chi connectivity index (χ0n) is 12.9. The molecule has 0 unspecified atom stereocenters. The molecule has 1 amide bonds. The number of carbonyl (C=O) groups is 1. The van der Waals surface area contributed by atoms with Crippen molar-refractivity contribution in [1.29, 1.82) is 0 Å². The molecule has 2 aromatic carbocycles. The van der Waals surface area contributed by atoms with E-state index in [0.29, 0.717) is 10.0 Å². The fourth-order valence-electron chi connectivity index (χ4n) is 2.86. The van der Waals surface area contributed by atoms with Gasteiger partial charge in [-0.15, -0.1) is 0 Å². The highest BCUT2D eigenvalue weighted by atomic mass is 35.5. The van der Waals surface area contributed by atoms with Crippen LogP contribution in [0.3, 0.4) is 0 Å². The van der Waals surface area contributed by atoms with Crippen molar-refractivity contribution in [3.05, 3.63) is 70.5 Å². The lowest BCUT2D eigenvalue weighted by atomic mass is 10.0. The van der Waals surface area contributed by atoms with Crippen molar-refractivity contribution in [2.45, 2.75) is 6.42 Å². The maximum atomic E-state index is 12.4. The molecule has 0 aliphatic heterocycles. The summed E-state index contributed by atoms with van der Waals surface area (Å²) in [7, 11) is 0. The number of pyridine rings is 1. The monoisotopic (exact) mass is 370 g/mol. The standard InChI is InChI=1S/C19H12Cl2N2O2/c20-13-8-15(21)19(22-9-13)23-17(24)7-12-10-25-16-6-5-11-3-1-2-4-14(11)18(12)16/h1-6,8-10H,7H2,(H,22,23,24). The zero-order valence-corrected chi connectivity index (χ0v) is 14.4. The van der Waals surface area contributed by atoms with Crippen molar-refractivity contribution < 1.29 is 9.21 Å². The van der Waals surface area contributed by atoms with Crippen molar-refractivity contribution in [1.82, 2.24) is 4.98 Å². The summed E-state index contributed by atoms with van der Waals surface area (Å²) in [6.45, 7) is 0. The molecule has 0 radical (unpaired) electrons. The fraction of sp³-hybridized carbons (Fsp3) is 0.0526. The van der Waals surface area contributed by atoms with Crippen molar-refractivity contribution in [2.24, 2.45) is 0 Å². The third kappa shape index (κ3) is 3.06. The lowest BCUT2D eigenvalue weighted by molar-refractivity contribution is -0.115. The van der Waals surface area contributed by atoms with Crippen LogP contribution < -0.4 is 5.32 Å². The second-order valence-corrected chi connectivity index (χ2v) is 6.47. The quantitative estimate of drug-likeness (QED) is 0.520. The van der Waals surface area contributed by atoms with Crippen molar-refractivity contribution in [2.75, 3.05) is 5.32 Å². The maximum Gasteiger partial charge on any atom is 0.230 e. The normalized spacial score (nSPS) is 11.1. The zero-order chi connectivity index (χ0) is 17.4. The van der Waals surface area contributed by atoms with Gasteiger partial charge in [-0.05, 0) is 22.9 Å². The van der Waals surface area contributed by atoms with Gasteiger partial charge in [-0.1, -0.05) is 53.5 Å². The number of rotatable bonds is 3. The molecule has 2 aromatic heterocycles. The molecule has 4 rings (SSSR count). The Bertz CT molecular complexity index is 1110. The van der Waals surface area contributed by atoms with E-state index in [1.54, 1.807) is 6.26 Å². The van der Waals surface area contributed by atoms with Crippen molar-refractivity contribution in [3.8, 4) is 0 Å². The number of hydrogen-bond donors (Lipinski definition) is 1. The van der Waals surface area contributed by atoms with E-state index in [4.69, 9.17) is 27.6 Å². The Morgan fingerprint density at radius 1 is 1.16 bits per heavy atom. The van der Waals surface area contributed by atoms with E-state index >= 15 is 0 Å². The smallest absolute Gasteiger partial charge is 0.230 e. The van der Waals surface area contributed by atoms with E-state index in [0.717, 1.165) is 27.3 Å². The molecule has 124 valence electrons. The molecule has 0 saturated heterocycles. The average Bonchev–Trinajstić information content (AvgIpc) is 3.01. The summed E-state index contributed by atoms with van der Waals surface area (Å²) in [5, 5.41) is 6.51. The molecule has 0 saturated carbocycles. The summed E-state index contributed by atoms with van der Waals surface area (Å²) in [5.41, 5.74) is 1.57. The van der Waals surface area contributed by atoms with E-state index in [1.807, 2.05) is 36.4 Å². The van der Waals surface area contributed by atoms with Gasteiger partial charge < -0.3 is 9.73 Å². The number of anilines is 1.